The lowest BCUT2D eigenvalue weighted by molar-refractivity contribution is 0.268. The van der Waals surface area contributed by atoms with Crippen molar-refractivity contribution in [1.29, 1.82) is 0 Å². The van der Waals surface area contributed by atoms with Crippen LogP contribution in [0.15, 0.2) is 12.2 Å². The van der Waals surface area contributed by atoms with Crippen LogP contribution < -0.4 is 0 Å². The van der Waals surface area contributed by atoms with Gasteiger partial charge in [-0.2, -0.15) is 0 Å². The molecule has 0 aromatic carbocycles. The van der Waals surface area contributed by atoms with Gasteiger partial charge in [-0.25, -0.2) is 0 Å². The first-order valence-corrected chi connectivity index (χ1v) is 4.21. The summed E-state index contributed by atoms with van der Waals surface area (Å²) in [6.07, 6.45) is 4.39. The van der Waals surface area contributed by atoms with Crippen molar-refractivity contribution in [3.8, 4) is 0 Å². The van der Waals surface area contributed by atoms with Gasteiger partial charge in [-0.15, -0.1) is 0 Å². The maximum Gasteiger partial charge on any atom is 0.0722 e. The molecule has 0 bridgehead atoms. The summed E-state index contributed by atoms with van der Waals surface area (Å²) in [6.45, 7) is 10.0. The molecule has 1 radical (unpaired) electrons. The quantitative estimate of drug-likeness (QED) is 0.618. The van der Waals surface area contributed by atoms with Crippen LogP contribution in [0.2, 0.25) is 0 Å². The third-order valence-electron chi connectivity index (χ3n) is 1.50. The Kier molecular flexibility index (Phi) is 5.22. The fraction of sp³-hybridized carbons (Fsp3) is 0.700. The summed E-state index contributed by atoms with van der Waals surface area (Å²) in [4.78, 5) is 0. The lowest BCUT2D eigenvalue weighted by atomic mass is 9.98. The molecule has 11 heavy (non-hydrogen) atoms. The Hall–Kier alpha value is -0.300. The average Bonchev–Trinajstić information content (AvgIpc) is 1.82. The number of hydrogen-bond donors (Lipinski definition) is 1. The molecule has 0 aliphatic heterocycles. The second-order valence-electron chi connectivity index (χ2n) is 3.56. The summed E-state index contributed by atoms with van der Waals surface area (Å²) < 4.78 is 0. The summed E-state index contributed by atoms with van der Waals surface area (Å²) in [5.74, 6) is 1.27. The van der Waals surface area contributed by atoms with E-state index >= 15 is 0 Å². The Balaban J connectivity index is 3.59. The minimum absolute atomic E-state index is 0.548. The van der Waals surface area contributed by atoms with Gasteiger partial charge in [-0.1, -0.05) is 32.9 Å². The first-order chi connectivity index (χ1) is 5.02. The van der Waals surface area contributed by atoms with Crippen LogP contribution in [0.3, 0.4) is 0 Å². The minimum Gasteiger partial charge on any atom is -0.389 e. The second kappa shape index (κ2) is 5.36. The molecule has 1 N–H and O–H groups in total. The fourth-order valence-electron chi connectivity index (χ4n) is 1.14. The van der Waals surface area contributed by atoms with Gasteiger partial charge in [0.2, 0.25) is 0 Å². The van der Waals surface area contributed by atoms with E-state index in [1.54, 1.807) is 6.08 Å². The fourth-order valence-corrected chi connectivity index (χ4v) is 1.14. The predicted octanol–water partition coefficient (Wildman–Crippen LogP) is 2.42. The molecular formula is C10H19O. The zero-order valence-corrected chi connectivity index (χ0v) is 7.75. The van der Waals surface area contributed by atoms with E-state index in [0.717, 1.165) is 5.92 Å². The van der Waals surface area contributed by atoms with Gasteiger partial charge in [-0.05, 0) is 25.2 Å². The minimum atomic E-state index is -0.551. The van der Waals surface area contributed by atoms with Gasteiger partial charge in [0.1, 0.15) is 0 Å². The van der Waals surface area contributed by atoms with E-state index in [0.29, 0.717) is 5.92 Å². The molecular weight excluding hydrogens is 136 g/mol. The molecule has 1 nitrogen and oxygen atoms in total. The van der Waals surface area contributed by atoms with Crippen molar-refractivity contribution in [3.63, 3.8) is 0 Å². The van der Waals surface area contributed by atoms with Gasteiger partial charge >= 0.3 is 0 Å². The molecule has 0 aliphatic rings. The van der Waals surface area contributed by atoms with Crippen LogP contribution in [0.25, 0.3) is 0 Å². The maximum absolute atomic E-state index is 8.84. The van der Waals surface area contributed by atoms with Crippen molar-refractivity contribution in [1.82, 2.24) is 0 Å². The monoisotopic (exact) mass is 155 g/mol. The molecule has 1 heteroatoms. The van der Waals surface area contributed by atoms with Crippen molar-refractivity contribution < 1.29 is 5.11 Å². The van der Waals surface area contributed by atoms with E-state index in [-0.39, 0.29) is 0 Å². The van der Waals surface area contributed by atoms with E-state index in [9.17, 15) is 0 Å². The largest absolute Gasteiger partial charge is 0.389 e. The molecule has 65 valence electrons. The Morgan fingerprint density at radius 3 is 2.18 bits per heavy atom. The first-order valence-electron chi connectivity index (χ1n) is 4.21. The number of aliphatic hydroxyl groups is 1. The summed E-state index contributed by atoms with van der Waals surface area (Å²) in [5, 5.41) is 8.84. The highest BCUT2D eigenvalue weighted by atomic mass is 16.3. The number of allylic oxidation sites excluding steroid dienone is 1. The Bertz CT molecular complexity index is 114. The van der Waals surface area contributed by atoms with E-state index < -0.39 is 6.10 Å². The molecule has 0 rings (SSSR count). The van der Waals surface area contributed by atoms with Crippen molar-refractivity contribution in [2.75, 3.05) is 0 Å². The molecule has 0 aliphatic carbocycles. The predicted molar refractivity (Wildman–Crippen MR) is 49.1 cm³/mol. The van der Waals surface area contributed by atoms with Gasteiger partial charge < -0.3 is 5.11 Å². The number of aliphatic hydroxyl groups excluding tert-OH is 1. The Morgan fingerprint density at radius 1 is 1.27 bits per heavy atom. The lowest BCUT2D eigenvalue weighted by Crippen LogP contribution is -1.99. The van der Waals surface area contributed by atoms with Crippen molar-refractivity contribution in [2.24, 2.45) is 11.8 Å². The zero-order chi connectivity index (χ0) is 8.85. The Labute approximate surface area is 70.1 Å². The summed E-state index contributed by atoms with van der Waals surface area (Å²) >= 11 is 0. The van der Waals surface area contributed by atoms with Crippen LogP contribution in [0.4, 0.5) is 0 Å². The van der Waals surface area contributed by atoms with Crippen LogP contribution in [0.5, 0.6) is 0 Å². The van der Waals surface area contributed by atoms with Crippen LogP contribution in [-0.4, -0.2) is 11.2 Å². The normalized spacial score (nSPS) is 17.6. The van der Waals surface area contributed by atoms with E-state index in [1.807, 2.05) is 6.08 Å². The summed E-state index contributed by atoms with van der Waals surface area (Å²) in [7, 11) is 0. The van der Waals surface area contributed by atoms with Gasteiger partial charge in [0.05, 0.1) is 6.10 Å². The molecule has 0 amide bonds. The van der Waals surface area contributed by atoms with Gasteiger partial charge in [0.15, 0.2) is 0 Å². The molecule has 0 saturated heterocycles. The van der Waals surface area contributed by atoms with Crippen LogP contribution in [-0.2, 0) is 0 Å². The van der Waals surface area contributed by atoms with Crippen molar-refractivity contribution in [3.05, 3.63) is 19.1 Å². The molecule has 0 spiro atoms. The highest BCUT2D eigenvalue weighted by Gasteiger charge is 2.00. The molecule has 0 heterocycles. The van der Waals surface area contributed by atoms with Gasteiger partial charge in [0.25, 0.3) is 0 Å². The van der Waals surface area contributed by atoms with Crippen LogP contribution in [0, 0.1) is 18.8 Å². The van der Waals surface area contributed by atoms with E-state index in [1.165, 1.54) is 6.42 Å². The smallest absolute Gasteiger partial charge is 0.0722 e. The van der Waals surface area contributed by atoms with Crippen molar-refractivity contribution in [2.45, 2.75) is 33.3 Å². The Morgan fingerprint density at radius 2 is 1.82 bits per heavy atom. The molecule has 0 aromatic rings. The molecule has 2 atom stereocenters. The summed E-state index contributed by atoms with van der Waals surface area (Å²) in [5.41, 5.74) is 0. The van der Waals surface area contributed by atoms with Crippen molar-refractivity contribution >= 4 is 0 Å². The van der Waals surface area contributed by atoms with E-state index in [2.05, 4.69) is 27.7 Å². The second-order valence-corrected chi connectivity index (χ2v) is 3.56. The summed E-state index contributed by atoms with van der Waals surface area (Å²) in [6, 6.07) is 0. The molecule has 2 unspecified atom stereocenters. The standard InChI is InChI=1S/C10H19O/c1-8(2)7-9(3)5-6-10(4)11/h5-6,8-11H,4,7H2,1-3H3/b6-5+. The van der Waals surface area contributed by atoms with Gasteiger partial charge in [0, 0.05) is 0 Å². The zero-order valence-electron chi connectivity index (χ0n) is 7.75. The number of rotatable bonds is 4. The SMILES string of the molecule is [CH2]C(O)/C=C/C(C)CC(C)C. The average molecular weight is 155 g/mol. The third kappa shape index (κ3) is 7.60. The first kappa shape index (κ1) is 10.7. The van der Waals surface area contributed by atoms with Crippen LogP contribution in [0.1, 0.15) is 27.2 Å². The van der Waals surface area contributed by atoms with Gasteiger partial charge in [-0.3, -0.25) is 0 Å². The van der Waals surface area contributed by atoms with E-state index in [4.69, 9.17) is 5.11 Å². The number of hydrogen-bond acceptors (Lipinski definition) is 1. The topological polar surface area (TPSA) is 20.2 Å². The molecule has 0 aromatic heterocycles. The third-order valence-corrected chi connectivity index (χ3v) is 1.50. The molecule has 0 fully saturated rings. The maximum atomic E-state index is 8.84. The molecule has 0 saturated carbocycles. The highest BCUT2D eigenvalue weighted by molar-refractivity contribution is 4.92. The van der Waals surface area contributed by atoms with Crippen LogP contribution >= 0.6 is 0 Å². The lowest BCUT2D eigenvalue weighted by Gasteiger charge is -2.08. The highest BCUT2D eigenvalue weighted by Crippen LogP contribution is 2.11.